The van der Waals surface area contributed by atoms with Crippen LogP contribution in [-0.4, -0.2) is 23.0 Å². The second-order valence-corrected chi connectivity index (χ2v) is 6.72. The molecule has 0 saturated heterocycles. The molecule has 3 aromatic rings. The van der Waals surface area contributed by atoms with Gasteiger partial charge >= 0.3 is 0 Å². The van der Waals surface area contributed by atoms with E-state index in [-0.39, 0.29) is 5.82 Å². The number of halogens is 4. The molecule has 5 nitrogen and oxygen atoms in total. The number of carbonyl (C=O) groups excluding carboxylic acids is 1. The monoisotopic (exact) mass is 493 g/mol. The first-order valence-corrected chi connectivity index (χ1v) is 11.4. The third-order valence-electron chi connectivity index (χ3n) is 4.79. The molecular weight excluding hydrogens is 462 g/mol. The molecule has 0 radical (unpaired) electrons. The molecule has 0 atom stereocenters. The standard InChI is InChI=1S/C22H19F4N3O2.2C2H6/c1-4-15-22(27-10-16(28-15)12-5-7-13(31-3)8-6-12)29-17(30)9-14-11(2)18(23)20(25)21(26)19(14)24;2*1-2/h5-8,10H,4,9H2,1-3H3,(H,27,29,30);2*1-2H3. The molecule has 0 unspecified atom stereocenters. The lowest BCUT2D eigenvalue weighted by Gasteiger charge is -2.13. The maximum atomic E-state index is 14.0. The zero-order chi connectivity index (χ0) is 26.7. The minimum absolute atomic E-state index is 0.144. The molecular formula is C26H31F4N3O2. The number of aromatic nitrogens is 2. The molecule has 35 heavy (non-hydrogen) atoms. The Balaban J connectivity index is 0.00000145. The number of amides is 1. The van der Waals surface area contributed by atoms with Crippen LogP contribution >= 0.6 is 0 Å². The van der Waals surface area contributed by atoms with Crippen molar-refractivity contribution in [2.75, 3.05) is 12.4 Å². The summed E-state index contributed by atoms with van der Waals surface area (Å²) in [4.78, 5) is 21.1. The van der Waals surface area contributed by atoms with Gasteiger partial charge in [0.1, 0.15) is 5.75 Å². The number of carbonyl (C=O) groups is 1. The number of aryl methyl sites for hydroxylation is 1. The molecule has 0 aliphatic rings. The van der Waals surface area contributed by atoms with Gasteiger partial charge in [-0.2, -0.15) is 0 Å². The summed E-state index contributed by atoms with van der Waals surface area (Å²) in [6, 6.07) is 7.17. The highest BCUT2D eigenvalue weighted by atomic mass is 19.2. The van der Waals surface area contributed by atoms with E-state index in [1.807, 2.05) is 46.8 Å². The molecule has 1 amide bonds. The summed E-state index contributed by atoms with van der Waals surface area (Å²) in [5.74, 6) is -6.93. The van der Waals surface area contributed by atoms with Crippen LogP contribution in [0.5, 0.6) is 5.75 Å². The van der Waals surface area contributed by atoms with E-state index in [0.717, 1.165) is 12.5 Å². The van der Waals surface area contributed by atoms with Crippen LogP contribution in [0.3, 0.4) is 0 Å². The number of benzene rings is 2. The van der Waals surface area contributed by atoms with E-state index in [2.05, 4.69) is 15.3 Å². The molecule has 1 heterocycles. The number of rotatable bonds is 6. The van der Waals surface area contributed by atoms with Crippen LogP contribution in [-0.2, 0) is 17.6 Å². The smallest absolute Gasteiger partial charge is 0.230 e. The third kappa shape index (κ3) is 7.00. The Labute approximate surface area is 203 Å². The summed E-state index contributed by atoms with van der Waals surface area (Å²) in [6.07, 6.45) is 1.19. The number of methoxy groups -OCH3 is 1. The lowest BCUT2D eigenvalue weighted by atomic mass is 10.0. The lowest BCUT2D eigenvalue weighted by molar-refractivity contribution is -0.115. The zero-order valence-corrected chi connectivity index (χ0v) is 21.0. The maximum Gasteiger partial charge on any atom is 0.230 e. The van der Waals surface area contributed by atoms with Crippen molar-refractivity contribution in [1.29, 1.82) is 0 Å². The van der Waals surface area contributed by atoms with E-state index in [9.17, 15) is 22.4 Å². The highest BCUT2D eigenvalue weighted by Gasteiger charge is 2.24. The van der Waals surface area contributed by atoms with E-state index in [1.165, 1.54) is 6.20 Å². The normalized spacial score (nSPS) is 9.91. The molecule has 0 bridgehead atoms. The summed E-state index contributed by atoms with van der Waals surface area (Å²) in [7, 11) is 1.56. The molecule has 2 aromatic carbocycles. The molecule has 0 saturated carbocycles. The summed E-state index contributed by atoms with van der Waals surface area (Å²) in [6.45, 7) is 10.9. The first-order valence-electron chi connectivity index (χ1n) is 11.4. The van der Waals surface area contributed by atoms with Crippen LogP contribution in [0.4, 0.5) is 23.4 Å². The van der Waals surface area contributed by atoms with E-state index in [4.69, 9.17) is 4.74 Å². The van der Waals surface area contributed by atoms with E-state index in [0.29, 0.717) is 23.6 Å². The minimum Gasteiger partial charge on any atom is -0.497 e. The minimum atomic E-state index is -1.95. The Morgan fingerprint density at radius 1 is 0.943 bits per heavy atom. The van der Waals surface area contributed by atoms with Gasteiger partial charge in [-0.15, -0.1) is 0 Å². The second kappa shape index (κ2) is 14.0. The van der Waals surface area contributed by atoms with Gasteiger partial charge in [-0.3, -0.25) is 4.79 Å². The second-order valence-electron chi connectivity index (χ2n) is 6.72. The molecule has 3 rings (SSSR count). The van der Waals surface area contributed by atoms with E-state index in [1.54, 1.807) is 19.2 Å². The van der Waals surface area contributed by atoms with Crippen molar-refractivity contribution in [3.8, 4) is 17.0 Å². The van der Waals surface area contributed by atoms with Crippen LogP contribution in [0.15, 0.2) is 30.5 Å². The first kappa shape index (κ1) is 29.5. The molecule has 0 aliphatic heterocycles. The molecule has 190 valence electrons. The molecule has 0 spiro atoms. The maximum absolute atomic E-state index is 14.0. The topological polar surface area (TPSA) is 64.1 Å². The number of nitrogens with one attached hydrogen (secondary N) is 1. The average molecular weight is 494 g/mol. The van der Waals surface area contributed by atoms with Crippen molar-refractivity contribution in [3.63, 3.8) is 0 Å². The van der Waals surface area contributed by atoms with E-state index >= 15 is 0 Å². The van der Waals surface area contributed by atoms with Gasteiger partial charge in [-0.25, -0.2) is 27.5 Å². The van der Waals surface area contributed by atoms with Crippen LogP contribution in [0.1, 0.15) is 51.4 Å². The fourth-order valence-corrected chi connectivity index (χ4v) is 3.01. The Kier molecular flexibility index (Phi) is 11.8. The number of hydrogen-bond acceptors (Lipinski definition) is 4. The summed E-state index contributed by atoms with van der Waals surface area (Å²) in [5, 5.41) is 2.48. The van der Waals surface area contributed by atoms with Crippen LogP contribution in [0, 0.1) is 30.2 Å². The Hall–Kier alpha value is -3.49. The van der Waals surface area contributed by atoms with Crippen LogP contribution in [0.25, 0.3) is 11.3 Å². The number of anilines is 1. The molecule has 1 N–H and O–H groups in total. The van der Waals surface area contributed by atoms with Gasteiger partial charge < -0.3 is 10.1 Å². The quantitative estimate of drug-likeness (QED) is 0.233. The Morgan fingerprint density at radius 3 is 2.06 bits per heavy atom. The fraction of sp³-hybridized carbons (Fsp3) is 0.346. The van der Waals surface area contributed by atoms with Gasteiger partial charge in [0.15, 0.2) is 29.1 Å². The summed E-state index contributed by atoms with van der Waals surface area (Å²) in [5.41, 5.74) is 0.797. The summed E-state index contributed by atoms with van der Waals surface area (Å²) < 4.78 is 59.8. The van der Waals surface area contributed by atoms with Gasteiger partial charge in [0, 0.05) is 11.1 Å². The highest BCUT2D eigenvalue weighted by molar-refractivity contribution is 5.92. The molecule has 0 fully saturated rings. The Morgan fingerprint density at radius 2 is 1.51 bits per heavy atom. The van der Waals surface area contributed by atoms with Crippen molar-refractivity contribution in [1.82, 2.24) is 9.97 Å². The van der Waals surface area contributed by atoms with Gasteiger partial charge in [0.25, 0.3) is 0 Å². The molecule has 9 heteroatoms. The van der Waals surface area contributed by atoms with Gasteiger partial charge in [-0.1, -0.05) is 34.6 Å². The lowest BCUT2D eigenvalue weighted by Crippen LogP contribution is -2.20. The summed E-state index contributed by atoms with van der Waals surface area (Å²) >= 11 is 0. The highest BCUT2D eigenvalue weighted by Crippen LogP contribution is 2.25. The Bertz CT molecular complexity index is 1110. The van der Waals surface area contributed by atoms with Crippen molar-refractivity contribution in [2.24, 2.45) is 0 Å². The average Bonchev–Trinajstić information content (AvgIpc) is 2.91. The SMILES string of the molecule is CC.CC.CCc1nc(-c2ccc(OC)cc2)cnc1NC(=O)Cc1c(C)c(F)c(F)c(F)c1F. The van der Waals surface area contributed by atoms with Crippen molar-refractivity contribution >= 4 is 11.7 Å². The zero-order valence-electron chi connectivity index (χ0n) is 21.0. The number of nitrogens with zero attached hydrogens (tertiary/aromatic N) is 2. The van der Waals surface area contributed by atoms with E-state index < -0.39 is 46.7 Å². The third-order valence-corrected chi connectivity index (χ3v) is 4.79. The molecule has 0 aliphatic carbocycles. The van der Waals surface area contributed by atoms with Crippen LogP contribution < -0.4 is 10.1 Å². The van der Waals surface area contributed by atoms with Crippen molar-refractivity contribution in [3.05, 3.63) is 70.6 Å². The fourth-order valence-electron chi connectivity index (χ4n) is 3.01. The predicted molar refractivity (Wildman–Crippen MR) is 129 cm³/mol. The van der Waals surface area contributed by atoms with Crippen molar-refractivity contribution in [2.45, 2.75) is 54.4 Å². The predicted octanol–water partition coefficient (Wildman–Crippen LogP) is 6.81. The van der Waals surface area contributed by atoms with Gasteiger partial charge in [0.2, 0.25) is 5.91 Å². The first-order chi connectivity index (χ1) is 16.8. The largest absolute Gasteiger partial charge is 0.497 e. The van der Waals surface area contributed by atoms with Crippen LogP contribution in [0.2, 0.25) is 0 Å². The van der Waals surface area contributed by atoms with Crippen molar-refractivity contribution < 1.29 is 27.1 Å². The molecule has 1 aromatic heterocycles. The number of hydrogen-bond donors (Lipinski definition) is 1. The van der Waals surface area contributed by atoms with Gasteiger partial charge in [0.05, 0.1) is 31.1 Å². The van der Waals surface area contributed by atoms with Gasteiger partial charge in [-0.05, 0) is 43.2 Å². The number of ether oxygens (including phenoxy) is 1.